The molecule has 1 heterocycles. The Labute approximate surface area is 107 Å². The summed E-state index contributed by atoms with van der Waals surface area (Å²) in [6, 6.07) is 5.72. The van der Waals surface area contributed by atoms with Crippen LogP contribution in [0.15, 0.2) is 18.2 Å². The first-order chi connectivity index (χ1) is 8.66. The van der Waals surface area contributed by atoms with E-state index < -0.39 is 0 Å². The molecule has 1 aliphatic carbocycles. The van der Waals surface area contributed by atoms with Gasteiger partial charge < -0.3 is 4.90 Å². The third kappa shape index (κ3) is 1.94. The highest BCUT2D eigenvalue weighted by Crippen LogP contribution is 2.36. The number of hydrogen-bond acceptors (Lipinski definition) is 2. The zero-order valence-corrected chi connectivity index (χ0v) is 10.6. The van der Waals surface area contributed by atoms with E-state index >= 15 is 0 Å². The van der Waals surface area contributed by atoms with Gasteiger partial charge >= 0.3 is 0 Å². The number of ketones is 1. The quantitative estimate of drug-likeness (QED) is 0.749. The van der Waals surface area contributed by atoms with Crippen LogP contribution in [0.2, 0.25) is 0 Å². The number of hydrogen-bond donors (Lipinski definition) is 0. The van der Waals surface area contributed by atoms with E-state index in [-0.39, 0.29) is 17.6 Å². The second-order valence-corrected chi connectivity index (χ2v) is 5.27. The van der Waals surface area contributed by atoms with Crippen molar-refractivity contribution in [3.8, 4) is 0 Å². The minimum absolute atomic E-state index is 0.0865. The monoisotopic (exact) mass is 243 g/mol. The van der Waals surface area contributed by atoms with Crippen molar-refractivity contribution < 1.29 is 9.59 Å². The van der Waals surface area contributed by atoms with E-state index in [0.717, 1.165) is 49.0 Å². The molecule has 0 N–H and O–H groups in total. The largest absolute Gasteiger partial charge is 0.312 e. The maximum Gasteiger partial charge on any atom is 0.230 e. The van der Waals surface area contributed by atoms with Crippen LogP contribution in [0.4, 0.5) is 5.69 Å². The van der Waals surface area contributed by atoms with Crippen molar-refractivity contribution in [3.05, 3.63) is 29.3 Å². The number of amides is 1. The average Bonchev–Trinajstić information content (AvgIpc) is 3.20. The van der Waals surface area contributed by atoms with E-state index in [1.165, 1.54) is 0 Å². The Bertz CT molecular complexity index is 517. The number of rotatable bonds is 2. The standard InChI is InChI=1S/C15H17NO2/c1-10(17)12-6-7-14-13(9-12)3-2-8-16(14)15(18)11-4-5-11/h6-7,9,11H,2-5,8H2,1H3. The van der Waals surface area contributed by atoms with Crippen molar-refractivity contribution in [2.24, 2.45) is 5.92 Å². The molecule has 1 saturated carbocycles. The van der Waals surface area contributed by atoms with E-state index in [2.05, 4.69) is 0 Å². The van der Waals surface area contributed by atoms with Gasteiger partial charge in [-0.3, -0.25) is 9.59 Å². The fourth-order valence-corrected chi connectivity index (χ4v) is 2.60. The molecule has 0 saturated heterocycles. The first kappa shape index (κ1) is 11.5. The smallest absolute Gasteiger partial charge is 0.230 e. The lowest BCUT2D eigenvalue weighted by Gasteiger charge is -2.30. The molecule has 1 aromatic rings. The molecule has 3 rings (SSSR count). The lowest BCUT2D eigenvalue weighted by atomic mass is 9.97. The van der Waals surface area contributed by atoms with Gasteiger partial charge in [-0.2, -0.15) is 0 Å². The molecule has 2 aliphatic rings. The zero-order valence-electron chi connectivity index (χ0n) is 10.6. The van der Waals surface area contributed by atoms with Gasteiger partial charge in [0.05, 0.1) is 0 Å². The van der Waals surface area contributed by atoms with Crippen LogP contribution in [-0.4, -0.2) is 18.2 Å². The van der Waals surface area contributed by atoms with E-state index in [9.17, 15) is 9.59 Å². The summed E-state index contributed by atoms with van der Waals surface area (Å²) in [6.07, 6.45) is 4.03. The summed E-state index contributed by atoms with van der Waals surface area (Å²) in [7, 11) is 0. The summed E-state index contributed by atoms with van der Waals surface area (Å²) < 4.78 is 0. The number of fused-ring (bicyclic) bond motifs is 1. The molecular formula is C15H17NO2. The predicted molar refractivity (Wildman–Crippen MR) is 69.8 cm³/mol. The van der Waals surface area contributed by atoms with Crippen LogP contribution in [0.3, 0.4) is 0 Å². The van der Waals surface area contributed by atoms with Gasteiger partial charge in [0, 0.05) is 23.7 Å². The molecule has 3 heteroatoms. The molecule has 0 spiro atoms. The maximum atomic E-state index is 12.2. The Hall–Kier alpha value is -1.64. The fourth-order valence-electron chi connectivity index (χ4n) is 2.60. The number of carbonyl (C=O) groups is 2. The number of Topliss-reactive ketones (excluding diaryl/α,β-unsaturated/α-hetero) is 1. The Morgan fingerprint density at radius 2 is 2.06 bits per heavy atom. The molecular weight excluding hydrogens is 226 g/mol. The first-order valence-electron chi connectivity index (χ1n) is 6.62. The Kier molecular flexibility index (Phi) is 2.69. The minimum Gasteiger partial charge on any atom is -0.312 e. The van der Waals surface area contributed by atoms with Gasteiger partial charge in [0.25, 0.3) is 0 Å². The summed E-state index contributed by atoms with van der Waals surface area (Å²) in [6.45, 7) is 2.40. The molecule has 1 fully saturated rings. The van der Waals surface area contributed by atoms with Crippen molar-refractivity contribution in [1.29, 1.82) is 0 Å². The summed E-state index contributed by atoms with van der Waals surface area (Å²) in [5.41, 5.74) is 2.90. The topological polar surface area (TPSA) is 37.4 Å². The Morgan fingerprint density at radius 3 is 2.72 bits per heavy atom. The van der Waals surface area contributed by atoms with Crippen molar-refractivity contribution in [2.75, 3.05) is 11.4 Å². The van der Waals surface area contributed by atoms with Crippen molar-refractivity contribution >= 4 is 17.4 Å². The molecule has 0 aromatic heterocycles. The van der Waals surface area contributed by atoms with E-state index in [4.69, 9.17) is 0 Å². The lowest BCUT2D eigenvalue weighted by molar-refractivity contribution is -0.119. The van der Waals surface area contributed by atoms with E-state index in [1.807, 2.05) is 23.1 Å². The van der Waals surface area contributed by atoms with Crippen LogP contribution < -0.4 is 4.90 Å². The van der Waals surface area contributed by atoms with Crippen molar-refractivity contribution in [1.82, 2.24) is 0 Å². The number of anilines is 1. The summed E-state index contributed by atoms with van der Waals surface area (Å²) in [4.78, 5) is 25.5. The summed E-state index contributed by atoms with van der Waals surface area (Å²) in [5.74, 6) is 0.610. The Morgan fingerprint density at radius 1 is 1.28 bits per heavy atom. The third-order valence-electron chi connectivity index (χ3n) is 3.80. The van der Waals surface area contributed by atoms with Gasteiger partial charge in [0.15, 0.2) is 5.78 Å². The van der Waals surface area contributed by atoms with Gasteiger partial charge in [0.2, 0.25) is 5.91 Å². The molecule has 3 nitrogen and oxygen atoms in total. The molecule has 94 valence electrons. The van der Waals surface area contributed by atoms with Crippen LogP contribution in [0, 0.1) is 5.92 Å². The highest BCUT2D eigenvalue weighted by atomic mass is 16.2. The van der Waals surface area contributed by atoms with E-state index in [0.29, 0.717) is 0 Å². The number of benzene rings is 1. The Balaban J connectivity index is 1.95. The SMILES string of the molecule is CC(=O)c1ccc2c(c1)CCCN2C(=O)C1CC1. The molecule has 1 aromatic carbocycles. The normalized spacial score (nSPS) is 18.4. The van der Waals surface area contributed by atoms with E-state index in [1.54, 1.807) is 6.92 Å². The number of nitrogens with zero attached hydrogens (tertiary/aromatic N) is 1. The maximum absolute atomic E-state index is 12.2. The fraction of sp³-hybridized carbons (Fsp3) is 0.467. The number of aryl methyl sites for hydroxylation is 1. The van der Waals surface area contributed by atoms with Crippen LogP contribution in [0.5, 0.6) is 0 Å². The van der Waals surface area contributed by atoms with Gasteiger partial charge in [-0.1, -0.05) is 0 Å². The number of carbonyl (C=O) groups excluding carboxylic acids is 2. The zero-order chi connectivity index (χ0) is 12.7. The van der Waals surface area contributed by atoms with Crippen molar-refractivity contribution in [2.45, 2.75) is 32.6 Å². The van der Waals surface area contributed by atoms with Crippen LogP contribution in [-0.2, 0) is 11.2 Å². The molecule has 0 atom stereocenters. The van der Waals surface area contributed by atoms with Gasteiger partial charge in [-0.15, -0.1) is 0 Å². The van der Waals surface area contributed by atoms with Crippen LogP contribution in [0.1, 0.15) is 42.1 Å². The molecule has 18 heavy (non-hydrogen) atoms. The minimum atomic E-state index is 0.0865. The third-order valence-corrected chi connectivity index (χ3v) is 3.80. The lowest BCUT2D eigenvalue weighted by Crippen LogP contribution is -2.36. The molecule has 0 bridgehead atoms. The predicted octanol–water partition coefficient (Wildman–Crippen LogP) is 2.58. The summed E-state index contributed by atoms with van der Waals surface area (Å²) >= 11 is 0. The first-order valence-corrected chi connectivity index (χ1v) is 6.62. The highest BCUT2D eigenvalue weighted by Gasteiger charge is 2.35. The van der Waals surface area contributed by atoms with Crippen molar-refractivity contribution in [3.63, 3.8) is 0 Å². The molecule has 0 unspecified atom stereocenters. The molecule has 1 aliphatic heterocycles. The second kappa shape index (κ2) is 4.23. The molecule has 1 amide bonds. The average molecular weight is 243 g/mol. The highest BCUT2D eigenvalue weighted by molar-refractivity contribution is 5.99. The second-order valence-electron chi connectivity index (χ2n) is 5.27. The van der Waals surface area contributed by atoms with Gasteiger partial charge in [-0.05, 0) is 56.4 Å². The molecule has 0 radical (unpaired) electrons. The van der Waals surface area contributed by atoms with Crippen LogP contribution >= 0.6 is 0 Å². The van der Waals surface area contributed by atoms with Gasteiger partial charge in [0.1, 0.15) is 0 Å². The van der Waals surface area contributed by atoms with Gasteiger partial charge in [-0.25, -0.2) is 0 Å². The van der Waals surface area contributed by atoms with Crippen LogP contribution in [0.25, 0.3) is 0 Å². The summed E-state index contributed by atoms with van der Waals surface area (Å²) in [5, 5.41) is 0.